The maximum Gasteiger partial charge on any atom is 0.0334 e. The summed E-state index contributed by atoms with van der Waals surface area (Å²) in [6.45, 7) is 11.2. The van der Waals surface area contributed by atoms with Gasteiger partial charge in [0, 0.05) is 12.2 Å². The maximum atomic E-state index is 3.76. The predicted octanol–water partition coefficient (Wildman–Crippen LogP) is 3.41. The van der Waals surface area contributed by atoms with Crippen molar-refractivity contribution >= 4 is 0 Å². The van der Waals surface area contributed by atoms with Crippen LogP contribution in [0, 0.1) is 0 Å². The molecule has 0 aliphatic carbocycles. The van der Waals surface area contributed by atoms with Gasteiger partial charge in [-0.05, 0) is 31.9 Å². The first-order valence-electron chi connectivity index (χ1n) is 4.98. The molecule has 1 N–H and O–H groups in total. The molecule has 0 fully saturated rings. The lowest BCUT2D eigenvalue weighted by Crippen LogP contribution is -2.11. The van der Waals surface area contributed by atoms with Gasteiger partial charge in [-0.15, -0.1) is 0 Å². The average Bonchev–Trinajstić information content (AvgIpc) is 2.17. The summed E-state index contributed by atoms with van der Waals surface area (Å²) in [6, 6.07) is 0. The Hall–Kier alpha value is -0.980. The monoisotopic (exact) mass is 179 g/mol. The molecule has 13 heavy (non-hydrogen) atoms. The standard InChI is InChI=1S/C12H21N/c1-5-10-13-12(7-3)9-8-11(4)6-2/h7-9,13H,3,5-6,10H2,1-2,4H3/b11-8+,12-9+. The molecule has 74 valence electrons. The predicted molar refractivity (Wildman–Crippen MR) is 60.6 cm³/mol. The molecule has 0 radical (unpaired) electrons. The second kappa shape index (κ2) is 7.66. The first kappa shape index (κ1) is 12.0. The summed E-state index contributed by atoms with van der Waals surface area (Å²) in [7, 11) is 0. The summed E-state index contributed by atoms with van der Waals surface area (Å²) in [6.07, 6.45) is 8.33. The zero-order chi connectivity index (χ0) is 10.1. The Bertz CT molecular complexity index is 199. The average molecular weight is 179 g/mol. The highest BCUT2D eigenvalue weighted by atomic mass is 14.9. The normalized spacial score (nSPS) is 12.8. The van der Waals surface area contributed by atoms with Crippen LogP contribution in [-0.2, 0) is 0 Å². The molecule has 0 rings (SSSR count). The lowest BCUT2D eigenvalue weighted by molar-refractivity contribution is 0.785. The van der Waals surface area contributed by atoms with E-state index in [-0.39, 0.29) is 0 Å². The van der Waals surface area contributed by atoms with Gasteiger partial charge in [-0.2, -0.15) is 0 Å². The highest BCUT2D eigenvalue weighted by Crippen LogP contribution is 2.00. The van der Waals surface area contributed by atoms with Gasteiger partial charge >= 0.3 is 0 Å². The third kappa shape index (κ3) is 6.21. The molecule has 1 heteroatoms. The van der Waals surface area contributed by atoms with Gasteiger partial charge in [0.1, 0.15) is 0 Å². The first-order chi connectivity index (χ1) is 6.24. The summed E-state index contributed by atoms with van der Waals surface area (Å²) < 4.78 is 0. The van der Waals surface area contributed by atoms with Crippen molar-refractivity contribution in [2.45, 2.75) is 33.6 Å². The number of allylic oxidation sites excluding steroid dienone is 4. The van der Waals surface area contributed by atoms with Crippen LogP contribution < -0.4 is 5.32 Å². The van der Waals surface area contributed by atoms with Crippen molar-refractivity contribution in [2.24, 2.45) is 0 Å². The number of hydrogen-bond acceptors (Lipinski definition) is 1. The summed E-state index contributed by atoms with van der Waals surface area (Å²) >= 11 is 0. The lowest BCUT2D eigenvalue weighted by Gasteiger charge is -2.03. The maximum absolute atomic E-state index is 3.76. The summed E-state index contributed by atoms with van der Waals surface area (Å²) in [4.78, 5) is 0. The van der Waals surface area contributed by atoms with Crippen molar-refractivity contribution in [3.8, 4) is 0 Å². The van der Waals surface area contributed by atoms with Crippen molar-refractivity contribution < 1.29 is 0 Å². The van der Waals surface area contributed by atoms with Gasteiger partial charge in [-0.1, -0.05) is 32.1 Å². The van der Waals surface area contributed by atoms with E-state index in [2.05, 4.69) is 44.8 Å². The Morgan fingerprint density at radius 2 is 2.00 bits per heavy atom. The Morgan fingerprint density at radius 3 is 2.46 bits per heavy atom. The minimum absolute atomic E-state index is 1.01. The molecule has 0 aliphatic heterocycles. The van der Waals surface area contributed by atoms with Crippen molar-refractivity contribution in [2.75, 3.05) is 6.54 Å². The van der Waals surface area contributed by atoms with E-state index < -0.39 is 0 Å². The van der Waals surface area contributed by atoms with Crippen LogP contribution >= 0.6 is 0 Å². The zero-order valence-electron chi connectivity index (χ0n) is 9.06. The van der Waals surface area contributed by atoms with Gasteiger partial charge in [0.25, 0.3) is 0 Å². The number of rotatable bonds is 6. The second-order valence-electron chi connectivity index (χ2n) is 3.12. The third-order valence-electron chi connectivity index (χ3n) is 1.90. The van der Waals surface area contributed by atoms with Crippen LogP contribution in [0.1, 0.15) is 33.6 Å². The van der Waals surface area contributed by atoms with Gasteiger partial charge in [-0.25, -0.2) is 0 Å². The Balaban J connectivity index is 4.13. The fraction of sp³-hybridized carbons (Fsp3) is 0.500. The van der Waals surface area contributed by atoms with Gasteiger partial charge in [0.05, 0.1) is 0 Å². The molecule has 0 amide bonds. The lowest BCUT2D eigenvalue weighted by atomic mass is 10.2. The van der Waals surface area contributed by atoms with Crippen LogP contribution in [0.2, 0.25) is 0 Å². The fourth-order valence-corrected chi connectivity index (χ4v) is 0.818. The largest absolute Gasteiger partial charge is 0.385 e. The van der Waals surface area contributed by atoms with Crippen molar-refractivity contribution in [3.63, 3.8) is 0 Å². The Labute approximate surface area is 82.2 Å². The molecule has 0 aromatic heterocycles. The smallest absolute Gasteiger partial charge is 0.0334 e. The summed E-state index contributed by atoms with van der Waals surface area (Å²) in [5, 5.41) is 3.30. The van der Waals surface area contributed by atoms with Crippen molar-refractivity contribution in [1.29, 1.82) is 0 Å². The van der Waals surface area contributed by atoms with Crippen LogP contribution in [0.4, 0.5) is 0 Å². The van der Waals surface area contributed by atoms with Crippen LogP contribution in [-0.4, -0.2) is 6.54 Å². The molecule has 0 heterocycles. The highest BCUT2D eigenvalue weighted by Gasteiger charge is 1.87. The van der Waals surface area contributed by atoms with Crippen LogP contribution in [0.5, 0.6) is 0 Å². The molecule has 0 aromatic rings. The zero-order valence-corrected chi connectivity index (χ0v) is 9.06. The van der Waals surface area contributed by atoms with E-state index in [4.69, 9.17) is 0 Å². The van der Waals surface area contributed by atoms with Crippen LogP contribution in [0.15, 0.2) is 36.1 Å². The Kier molecular flexibility index (Phi) is 7.08. The van der Waals surface area contributed by atoms with Crippen LogP contribution in [0.25, 0.3) is 0 Å². The fourth-order valence-electron chi connectivity index (χ4n) is 0.818. The van der Waals surface area contributed by atoms with E-state index in [1.807, 2.05) is 6.08 Å². The molecule has 0 bridgehead atoms. The quantitative estimate of drug-likeness (QED) is 0.616. The van der Waals surface area contributed by atoms with Crippen LogP contribution in [0.3, 0.4) is 0 Å². The third-order valence-corrected chi connectivity index (χ3v) is 1.90. The van der Waals surface area contributed by atoms with E-state index in [9.17, 15) is 0 Å². The minimum atomic E-state index is 1.01. The molecule has 0 spiro atoms. The molecule has 0 atom stereocenters. The molecule has 0 saturated heterocycles. The molecule has 0 unspecified atom stereocenters. The second-order valence-corrected chi connectivity index (χ2v) is 3.12. The molecule has 0 aliphatic rings. The molecule has 1 nitrogen and oxygen atoms in total. The number of hydrogen-bond donors (Lipinski definition) is 1. The van der Waals surface area contributed by atoms with E-state index in [0.29, 0.717) is 0 Å². The van der Waals surface area contributed by atoms with Gasteiger partial charge in [0.15, 0.2) is 0 Å². The highest BCUT2D eigenvalue weighted by molar-refractivity contribution is 5.22. The summed E-state index contributed by atoms with van der Waals surface area (Å²) in [5.41, 5.74) is 2.49. The van der Waals surface area contributed by atoms with Gasteiger partial charge in [0.2, 0.25) is 0 Å². The summed E-state index contributed by atoms with van der Waals surface area (Å²) in [5.74, 6) is 0. The van der Waals surface area contributed by atoms with Gasteiger partial charge < -0.3 is 5.32 Å². The van der Waals surface area contributed by atoms with E-state index >= 15 is 0 Å². The SMILES string of the molecule is C=C/C(=C\C=C(/C)CC)NCCC. The van der Waals surface area contributed by atoms with Crippen molar-refractivity contribution in [1.82, 2.24) is 5.32 Å². The topological polar surface area (TPSA) is 12.0 Å². The van der Waals surface area contributed by atoms with Crippen molar-refractivity contribution in [3.05, 3.63) is 36.1 Å². The molecule has 0 aromatic carbocycles. The number of nitrogens with one attached hydrogen (secondary N) is 1. The van der Waals surface area contributed by atoms with E-state index in [0.717, 1.165) is 25.1 Å². The van der Waals surface area contributed by atoms with Gasteiger partial charge in [-0.3, -0.25) is 0 Å². The molecule has 0 saturated carbocycles. The first-order valence-corrected chi connectivity index (χ1v) is 4.98. The van der Waals surface area contributed by atoms with E-state index in [1.54, 1.807) is 0 Å². The van der Waals surface area contributed by atoms with E-state index in [1.165, 1.54) is 5.57 Å². The molecular weight excluding hydrogens is 158 g/mol. The minimum Gasteiger partial charge on any atom is -0.385 e. The Morgan fingerprint density at radius 1 is 1.31 bits per heavy atom. The molecular formula is C12H21N.